The van der Waals surface area contributed by atoms with E-state index in [-0.39, 0.29) is 5.82 Å². The van der Waals surface area contributed by atoms with Gasteiger partial charge in [-0.2, -0.15) is 19.6 Å². The zero-order valence-corrected chi connectivity index (χ0v) is 10.7. The van der Waals surface area contributed by atoms with E-state index in [0.29, 0.717) is 28.0 Å². The molecule has 0 fully saturated rings. The van der Waals surface area contributed by atoms with Crippen LogP contribution in [0.4, 0.5) is 15.9 Å². The number of rotatable bonds is 2. The van der Waals surface area contributed by atoms with Crippen molar-refractivity contribution in [1.82, 2.24) is 19.6 Å². The van der Waals surface area contributed by atoms with Crippen molar-refractivity contribution in [3.05, 3.63) is 47.1 Å². The Hall–Kier alpha value is -2.21. The Morgan fingerprint density at radius 3 is 2.89 bits per heavy atom. The van der Waals surface area contributed by atoms with Crippen LogP contribution in [0.15, 0.2) is 30.6 Å². The maximum absolute atomic E-state index is 13.7. The third-order valence-corrected chi connectivity index (χ3v) is 3.10. The fourth-order valence-electron chi connectivity index (χ4n) is 1.73. The van der Waals surface area contributed by atoms with Gasteiger partial charge in [-0.25, -0.2) is 4.39 Å². The molecule has 96 valence electrons. The highest BCUT2D eigenvalue weighted by Gasteiger charge is 2.13. The fraction of sp³-hybridized carbons (Fsp3) is 0.0833. The van der Waals surface area contributed by atoms with Crippen molar-refractivity contribution in [2.45, 2.75) is 6.92 Å². The third-order valence-electron chi connectivity index (χ3n) is 2.73. The second kappa shape index (κ2) is 4.47. The molecule has 2 heterocycles. The molecule has 3 aromatic rings. The fourth-order valence-corrected chi connectivity index (χ4v) is 1.90. The summed E-state index contributed by atoms with van der Waals surface area (Å²) in [7, 11) is 0. The highest BCUT2D eigenvalue weighted by molar-refractivity contribution is 6.30. The van der Waals surface area contributed by atoms with E-state index in [4.69, 9.17) is 11.6 Å². The number of aromatic nitrogens is 4. The molecule has 0 atom stereocenters. The van der Waals surface area contributed by atoms with E-state index < -0.39 is 0 Å². The summed E-state index contributed by atoms with van der Waals surface area (Å²) in [5.41, 5.74) is 1.01. The molecule has 1 N–H and O–H groups in total. The largest absolute Gasteiger partial charge is 0.337 e. The molecule has 0 spiro atoms. The summed E-state index contributed by atoms with van der Waals surface area (Å²) in [6.45, 7) is 1.78. The van der Waals surface area contributed by atoms with Crippen LogP contribution in [-0.4, -0.2) is 19.6 Å². The minimum Gasteiger partial charge on any atom is -0.337 e. The van der Waals surface area contributed by atoms with Gasteiger partial charge in [0, 0.05) is 5.56 Å². The number of nitrogens with zero attached hydrogens (tertiary/aromatic N) is 4. The maximum atomic E-state index is 13.7. The SMILES string of the molecule is Cc1c(Cl)nc2ncnn2c1Nc1ccccc1F. The minimum absolute atomic E-state index is 0.305. The molecule has 7 heteroatoms. The van der Waals surface area contributed by atoms with E-state index in [0.717, 1.165) is 0 Å². The predicted octanol–water partition coefficient (Wildman–Crippen LogP) is 2.97. The molecular weight excluding hydrogens is 269 g/mol. The van der Waals surface area contributed by atoms with Crippen molar-refractivity contribution >= 4 is 28.9 Å². The van der Waals surface area contributed by atoms with E-state index in [1.165, 1.54) is 16.9 Å². The van der Waals surface area contributed by atoms with E-state index >= 15 is 0 Å². The summed E-state index contributed by atoms with van der Waals surface area (Å²) >= 11 is 6.03. The standard InChI is InChI=1S/C12H9ClFN5/c1-7-10(13)18-12-15-6-16-19(12)11(7)17-9-5-3-2-4-8(9)14/h2-6,17H,1H3. The molecule has 19 heavy (non-hydrogen) atoms. The van der Waals surface area contributed by atoms with Crippen LogP contribution in [0, 0.1) is 12.7 Å². The van der Waals surface area contributed by atoms with Gasteiger partial charge in [0.05, 0.1) is 5.69 Å². The van der Waals surface area contributed by atoms with Gasteiger partial charge in [-0.15, -0.1) is 0 Å². The van der Waals surface area contributed by atoms with Crippen LogP contribution < -0.4 is 5.32 Å². The summed E-state index contributed by atoms with van der Waals surface area (Å²) < 4.78 is 15.2. The lowest BCUT2D eigenvalue weighted by molar-refractivity contribution is 0.631. The first kappa shape index (κ1) is 11.9. The van der Waals surface area contributed by atoms with Crippen LogP contribution in [0.2, 0.25) is 5.15 Å². The molecule has 0 saturated carbocycles. The second-order valence-electron chi connectivity index (χ2n) is 3.95. The highest BCUT2D eigenvalue weighted by Crippen LogP contribution is 2.26. The van der Waals surface area contributed by atoms with Crippen LogP contribution in [0.25, 0.3) is 5.78 Å². The van der Waals surface area contributed by atoms with Crippen molar-refractivity contribution < 1.29 is 4.39 Å². The topological polar surface area (TPSA) is 55.1 Å². The van der Waals surface area contributed by atoms with Crippen LogP contribution >= 0.6 is 11.6 Å². The summed E-state index contributed by atoms with van der Waals surface area (Å²) in [6, 6.07) is 6.37. The molecule has 3 rings (SSSR count). The van der Waals surface area contributed by atoms with Gasteiger partial charge in [-0.3, -0.25) is 0 Å². The van der Waals surface area contributed by atoms with Crippen LogP contribution in [0.3, 0.4) is 0 Å². The highest BCUT2D eigenvalue weighted by atomic mass is 35.5. The molecule has 1 aromatic carbocycles. The number of hydrogen-bond acceptors (Lipinski definition) is 4. The Bertz CT molecular complexity index is 755. The monoisotopic (exact) mass is 277 g/mol. The Morgan fingerprint density at radius 1 is 1.32 bits per heavy atom. The molecule has 2 aromatic heterocycles. The van der Waals surface area contributed by atoms with E-state index in [1.807, 2.05) is 0 Å². The Kier molecular flexibility index (Phi) is 2.79. The minimum atomic E-state index is -0.358. The molecule has 0 aliphatic heterocycles. The molecule has 0 amide bonds. The Morgan fingerprint density at radius 2 is 2.11 bits per heavy atom. The average molecular weight is 278 g/mol. The first-order valence-electron chi connectivity index (χ1n) is 5.54. The van der Waals surface area contributed by atoms with Crippen molar-refractivity contribution in [3.8, 4) is 0 Å². The van der Waals surface area contributed by atoms with Crippen molar-refractivity contribution in [2.75, 3.05) is 5.32 Å². The lowest BCUT2D eigenvalue weighted by Crippen LogP contribution is -2.05. The quantitative estimate of drug-likeness (QED) is 0.732. The van der Waals surface area contributed by atoms with Crippen molar-refractivity contribution in [3.63, 3.8) is 0 Å². The van der Waals surface area contributed by atoms with Gasteiger partial charge in [-0.05, 0) is 19.1 Å². The van der Waals surface area contributed by atoms with E-state index in [9.17, 15) is 4.39 Å². The average Bonchev–Trinajstić information content (AvgIpc) is 2.85. The zero-order chi connectivity index (χ0) is 13.4. The molecule has 0 saturated heterocycles. The lowest BCUT2D eigenvalue weighted by atomic mass is 10.3. The molecule has 0 aliphatic rings. The first-order valence-corrected chi connectivity index (χ1v) is 5.92. The number of hydrogen-bond donors (Lipinski definition) is 1. The Balaban J connectivity index is 2.17. The number of para-hydroxylation sites is 1. The second-order valence-corrected chi connectivity index (χ2v) is 4.31. The molecule has 0 aliphatic carbocycles. The van der Waals surface area contributed by atoms with Crippen LogP contribution in [0.1, 0.15) is 5.56 Å². The Labute approximate surface area is 113 Å². The lowest BCUT2D eigenvalue weighted by Gasteiger charge is -2.12. The van der Waals surface area contributed by atoms with Gasteiger partial charge >= 0.3 is 0 Å². The van der Waals surface area contributed by atoms with Crippen molar-refractivity contribution in [1.29, 1.82) is 0 Å². The normalized spacial score (nSPS) is 10.9. The smallest absolute Gasteiger partial charge is 0.255 e. The van der Waals surface area contributed by atoms with Crippen LogP contribution in [0.5, 0.6) is 0 Å². The molecule has 0 radical (unpaired) electrons. The summed E-state index contributed by atoms with van der Waals surface area (Å²) in [5, 5.41) is 7.32. The molecule has 0 unspecified atom stereocenters. The third kappa shape index (κ3) is 2.00. The molecule has 0 bridgehead atoms. The maximum Gasteiger partial charge on any atom is 0.255 e. The van der Waals surface area contributed by atoms with Gasteiger partial charge in [0.2, 0.25) is 0 Å². The number of fused-ring (bicyclic) bond motifs is 1. The summed E-state index contributed by atoms with van der Waals surface area (Å²) in [4.78, 5) is 8.05. The number of nitrogens with one attached hydrogen (secondary N) is 1. The number of benzene rings is 1. The van der Waals surface area contributed by atoms with Gasteiger partial charge in [-0.1, -0.05) is 23.7 Å². The zero-order valence-electron chi connectivity index (χ0n) is 9.93. The van der Waals surface area contributed by atoms with Crippen LogP contribution in [-0.2, 0) is 0 Å². The van der Waals surface area contributed by atoms with Crippen molar-refractivity contribution in [2.24, 2.45) is 0 Å². The predicted molar refractivity (Wildman–Crippen MR) is 70.2 cm³/mol. The van der Waals surface area contributed by atoms with Gasteiger partial charge in [0.15, 0.2) is 0 Å². The number of halogens is 2. The molecule has 5 nitrogen and oxygen atoms in total. The van der Waals surface area contributed by atoms with E-state index in [1.54, 1.807) is 25.1 Å². The van der Waals surface area contributed by atoms with Gasteiger partial charge in [0.25, 0.3) is 5.78 Å². The van der Waals surface area contributed by atoms with Gasteiger partial charge in [0.1, 0.15) is 23.1 Å². The van der Waals surface area contributed by atoms with E-state index in [2.05, 4.69) is 20.4 Å². The first-order chi connectivity index (χ1) is 9.16. The van der Waals surface area contributed by atoms with Gasteiger partial charge < -0.3 is 5.32 Å². The number of anilines is 2. The molecular formula is C12H9ClFN5. The summed E-state index contributed by atoms with van der Waals surface area (Å²) in [5.74, 6) is 0.537. The summed E-state index contributed by atoms with van der Waals surface area (Å²) in [6.07, 6.45) is 1.37.